The first-order chi connectivity index (χ1) is 18.7. The van der Waals surface area contributed by atoms with Gasteiger partial charge in [0.2, 0.25) is 0 Å². The van der Waals surface area contributed by atoms with E-state index in [9.17, 15) is 0 Å². The van der Waals surface area contributed by atoms with Crippen molar-refractivity contribution in [3.63, 3.8) is 0 Å². The van der Waals surface area contributed by atoms with Gasteiger partial charge in [-0.3, -0.25) is 0 Å². The molecule has 4 aromatic carbocycles. The normalized spacial score (nSPS) is 11.5. The van der Waals surface area contributed by atoms with Crippen LogP contribution in [0.1, 0.15) is 69.2 Å². The number of aryl methyl sites for hydroxylation is 2. The molecule has 0 aliphatic rings. The van der Waals surface area contributed by atoms with Gasteiger partial charge in [0.05, 0.1) is 23.3 Å². The molecule has 0 unspecified atom stereocenters. The summed E-state index contributed by atoms with van der Waals surface area (Å²) in [6.07, 6.45) is 5.61. The Morgan fingerprint density at radius 2 is 0.949 bits per heavy atom. The minimum absolute atomic E-state index is 0.243. The SMILES string of the molecule is CC(C)(CCc1ccc(-c2ccc(C#N)cc2)cc1)CC(C)(C)CCc1cccc(-c2ccc(C#N)cc2)c1. The lowest BCUT2D eigenvalue weighted by Crippen LogP contribution is -2.24. The largest absolute Gasteiger partial charge is 0.192 e. The zero-order chi connectivity index (χ0) is 27.9. The van der Waals surface area contributed by atoms with Gasteiger partial charge >= 0.3 is 0 Å². The number of benzene rings is 4. The van der Waals surface area contributed by atoms with Crippen molar-refractivity contribution in [1.29, 1.82) is 10.5 Å². The summed E-state index contributed by atoms with van der Waals surface area (Å²) in [4.78, 5) is 0. The van der Waals surface area contributed by atoms with E-state index in [1.54, 1.807) is 0 Å². The summed E-state index contributed by atoms with van der Waals surface area (Å²) in [5, 5.41) is 18.1. The second kappa shape index (κ2) is 12.1. The van der Waals surface area contributed by atoms with Crippen LogP contribution in [0.3, 0.4) is 0 Å². The van der Waals surface area contributed by atoms with Crippen LogP contribution in [0.25, 0.3) is 22.3 Å². The second-order valence-corrected chi connectivity index (χ2v) is 12.3. The molecule has 4 aromatic rings. The van der Waals surface area contributed by atoms with Crippen LogP contribution >= 0.6 is 0 Å². The molecule has 0 aliphatic carbocycles. The molecule has 0 amide bonds. The van der Waals surface area contributed by atoms with Crippen LogP contribution < -0.4 is 0 Å². The molecule has 0 saturated carbocycles. The molecule has 0 heterocycles. The van der Waals surface area contributed by atoms with Gasteiger partial charge in [0.1, 0.15) is 0 Å². The van der Waals surface area contributed by atoms with Crippen LogP contribution in [-0.4, -0.2) is 0 Å². The average molecular weight is 511 g/mol. The standard InChI is InChI=1S/C37H38N2/c1-36(2,22-20-28-8-14-32(15-9-28)33-16-10-30(25-38)11-17-33)27-37(3,4)23-21-29-6-5-7-35(24-29)34-18-12-31(26-39)13-19-34/h5-19,24H,20-23,27H2,1-4H3. The zero-order valence-electron chi connectivity index (χ0n) is 23.7. The maximum absolute atomic E-state index is 9.07. The molecule has 0 radical (unpaired) electrons. The summed E-state index contributed by atoms with van der Waals surface area (Å²) >= 11 is 0. The predicted octanol–water partition coefficient (Wildman–Crippen LogP) is 9.77. The summed E-state index contributed by atoms with van der Waals surface area (Å²) in [7, 11) is 0. The molecule has 39 heavy (non-hydrogen) atoms. The summed E-state index contributed by atoms with van der Waals surface area (Å²) in [6.45, 7) is 9.63. The van der Waals surface area contributed by atoms with Crippen LogP contribution in [-0.2, 0) is 12.8 Å². The van der Waals surface area contributed by atoms with Crippen molar-refractivity contribution >= 4 is 0 Å². The third kappa shape index (κ3) is 7.92. The highest BCUT2D eigenvalue weighted by molar-refractivity contribution is 5.65. The van der Waals surface area contributed by atoms with E-state index in [2.05, 4.69) is 88.4 Å². The van der Waals surface area contributed by atoms with E-state index in [1.165, 1.54) is 28.7 Å². The van der Waals surface area contributed by atoms with Gasteiger partial charge < -0.3 is 0 Å². The predicted molar refractivity (Wildman–Crippen MR) is 162 cm³/mol. The van der Waals surface area contributed by atoms with Gasteiger partial charge in [0, 0.05) is 0 Å². The zero-order valence-corrected chi connectivity index (χ0v) is 23.7. The van der Waals surface area contributed by atoms with Crippen molar-refractivity contribution in [2.75, 3.05) is 0 Å². The van der Waals surface area contributed by atoms with E-state index < -0.39 is 0 Å². The fraction of sp³-hybridized carbons (Fsp3) is 0.297. The Morgan fingerprint density at radius 3 is 1.44 bits per heavy atom. The smallest absolute Gasteiger partial charge is 0.0991 e. The van der Waals surface area contributed by atoms with Crippen LogP contribution in [0.2, 0.25) is 0 Å². The monoisotopic (exact) mass is 510 g/mol. The lowest BCUT2D eigenvalue weighted by molar-refractivity contribution is 0.172. The minimum atomic E-state index is 0.243. The summed E-state index contributed by atoms with van der Waals surface area (Å²) in [5.74, 6) is 0. The van der Waals surface area contributed by atoms with Gasteiger partial charge in [-0.2, -0.15) is 10.5 Å². The van der Waals surface area contributed by atoms with Crippen molar-refractivity contribution in [3.8, 4) is 34.4 Å². The molecule has 196 valence electrons. The molecule has 0 atom stereocenters. The number of rotatable bonds is 10. The van der Waals surface area contributed by atoms with Crippen molar-refractivity contribution < 1.29 is 0 Å². The van der Waals surface area contributed by atoms with Crippen molar-refractivity contribution in [2.24, 2.45) is 10.8 Å². The van der Waals surface area contributed by atoms with Crippen LogP contribution in [0, 0.1) is 33.5 Å². The van der Waals surface area contributed by atoms with Gasteiger partial charge in [0.25, 0.3) is 0 Å². The molecule has 0 fully saturated rings. The minimum Gasteiger partial charge on any atom is -0.192 e. The molecule has 0 aromatic heterocycles. The number of nitriles is 2. The van der Waals surface area contributed by atoms with Gasteiger partial charge in [-0.25, -0.2) is 0 Å². The number of hydrogen-bond acceptors (Lipinski definition) is 2. The van der Waals surface area contributed by atoms with Gasteiger partial charge in [-0.15, -0.1) is 0 Å². The number of nitrogens with zero attached hydrogens (tertiary/aromatic N) is 2. The van der Waals surface area contributed by atoms with Crippen LogP contribution in [0.5, 0.6) is 0 Å². The molecular weight excluding hydrogens is 472 g/mol. The Labute approximate surface area is 234 Å². The summed E-state index contributed by atoms with van der Waals surface area (Å²) in [6, 6.07) is 37.7. The molecule has 0 bridgehead atoms. The average Bonchev–Trinajstić information content (AvgIpc) is 2.95. The van der Waals surface area contributed by atoms with Gasteiger partial charge in [-0.1, -0.05) is 100 Å². The summed E-state index contributed by atoms with van der Waals surface area (Å²) < 4.78 is 0. The Bertz CT molecular complexity index is 1460. The van der Waals surface area contributed by atoms with Gasteiger partial charge in [0.15, 0.2) is 0 Å². The quantitative estimate of drug-likeness (QED) is 0.213. The lowest BCUT2D eigenvalue weighted by Gasteiger charge is -2.35. The van der Waals surface area contributed by atoms with E-state index in [1.807, 2.05) is 48.5 Å². The van der Waals surface area contributed by atoms with Crippen molar-refractivity contribution in [3.05, 3.63) is 119 Å². The van der Waals surface area contributed by atoms with E-state index in [0.717, 1.165) is 36.8 Å². The summed E-state index contributed by atoms with van der Waals surface area (Å²) in [5.41, 5.74) is 9.31. The Kier molecular flexibility index (Phi) is 8.69. The van der Waals surface area contributed by atoms with E-state index in [0.29, 0.717) is 11.1 Å². The first kappa shape index (κ1) is 27.9. The lowest BCUT2D eigenvalue weighted by atomic mass is 9.70. The molecule has 0 spiro atoms. The van der Waals surface area contributed by atoms with E-state index in [-0.39, 0.29) is 10.8 Å². The molecule has 0 aliphatic heterocycles. The van der Waals surface area contributed by atoms with Crippen molar-refractivity contribution in [2.45, 2.75) is 59.8 Å². The highest BCUT2D eigenvalue weighted by Gasteiger charge is 2.28. The Morgan fingerprint density at radius 1 is 0.513 bits per heavy atom. The van der Waals surface area contributed by atoms with E-state index >= 15 is 0 Å². The molecule has 0 saturated heterocycles. The van der Waals surface area contributed by atoms with E-state index in [4.69, 9.17) is 10.5 Å². The van der Waals surface area contributed by atoms with Gasteiger partial charge in [-0.05, 0) is 101 Å². The maximum atomic E-state index is 9.07. The first-order valence-electron chi connectivity index (χ1n) is 13.9. The Balaban J connectivity index is 1.31. The maximum Gasteiger partial charge on any atom is 0.0991 e. The topological polar surface area (TPSA) is 47.6 Å². The molecule has 4 rings (SSSR count). The third-order valence-electron chi connectivity index (χ3n) is 7.71. The fourth-order valence-corrected chi connectivity index (χ4v) is 5.68. The number of hydrogen-bond donors (Lipinski definition) is 0. The Hall–Kier alpha value is -4.14. The molecule has 0 N–H and O–H groups in total. The van der Waals surface area contributed by atoms with Crippen LogP contribution in [0.4, 0.5) is 0 Å². The fourth-order valence-electron chi connectivity index (χ4n) is 5.68. The van der Waals surface area contributed by atoms with Crippen molar-refractivity contribution in [1.82, 2.24) is 0 Å². The van der Waals surface area contributed by atoms with Crippen LogP contribution in [0.15, 0.2) is 97.1 Å². The molecule has 2 nitrogen and oxygen atoms in total. The highest BCUT2D eigenvalue weighted by Crippen LogP contribution is 2.40. The highest BCUT2D eigenvalue weighted by atomic mass is 14.3. The molecular formula is C37H38N2. The third-order valence-corrected chi connectivity index (χ3v) is 7.71. The molecule has 2 heteroatoms. The first-order valence-corrected chi connectivity index (χ1v) is 13.9. The second-order valence-electron chi connectivity index (χ2n) is 12.3.